The number of rotatable bonds is 4. The fraction of sp³-hybridized carbons (Fsp3) is 0.588. The van der Waals surface area contributed by atoms with Crippen LogP contribution >= 0.6 is 0 Å². The van der Waals surface area contributed by atoms with Gasteiger partial charge in [0, 0.05) is 18.0 Å². The average Bonchev–Trinajstić information content (AvgIpc) is 2.80. The van der Waals surface area contributed by atoms with Crippen LogP contribution in [0.3, 0.4) is 0 Å². The van der Waals surface area contributed by atoms with Gasteiger partial charge in [0.05, 0.1) is 6.10 Å². The van der Waals surface area contributed by atoms with Gasteiger partial charge in [0.15, 0.2) is 0 Å². The highest BCUT2D eigenvalue weighted by molar-refractivity contribution is 5.94. The lowest BCUT2D eigenvalue weighted by Gasteiger charge is -2.21. The average molecular weight is 291 g/mol. The van der Waals surface area contributed by atoms with Gasteiger partial charge in [0.1, 0.15) is 11.4 Å². The van der Waals surface area contributed by atoms with Crippen LogP contribution in [0.1, 0.15) is 50.4 Å². The van der Waals surface area contributed by atoms with Gasteiger partial charge in [-0.25, -0.2) is 0 Å². The molecule has 2 rings (SSSR count). The molecule has 4 nitrogen and oxygen atoms in total. The number of aliphatic hydroxyl groups excluding tert-OH is 1. The highest BCUT2D eigenvalue weighted by Crippen LogP contribution is 2.24. The molecule has 0 aromatic heterocycles. The first kappa shape index (κ1) is 15.8. The third-order valence-corrected chi connectivity index (χ3v) is 3.68. The monoisotopic (exact) mass is 291 g/mol. The lowest BCUT2D eigenvalue weighted by molar-refractivity contribution is 0.0916. The van der Waals surface area contributed by atoms with Gasteiger partial charge in [0.2, 0.25) is 0 Å². The number of carbonyl (C=O) groups is 1. The van der Waals surface area contributed by atoms with E-state index in [9.17, 15) is 9.90 Å². The highest BCUT2D eigenvalue weighted by Gasteiger charge is 2.25. The van der Waals surface area contributed by atoms with Gasteiger partial charge in [-0.15, -0.1) is 0 Å². The second-order valence-electron chi connectivity index (χ2n) is 6.71. The van der Waals surface area contributed by atoms with Gasteiger partial charge in [-0.3, -0.25) is 4.79 Å². The Hall–Kier alpha value is -1.55. The first-order chi connectivity index (χ1) is 9.85. The molecule has 1 aromatic carbocycles. The highest BCUT2D eigenvalue weighted by atomic mass is 16.5. The van der Waals surface area contributed by atoms with E-state index in [-0.39, 0.29) is 23.5 Å². The maximum absolute atomic E-state index is 12.1. The predicted molar refractivity (Wildman–Crippen MR) is 82.5 cm³/mol. The Morgan fingerprint density at radius 1 is 1.29 bits per heavy atom. The Morgan fingerprint density at radius 3 is 2.48 bits per heavy atom. The van der Waals surface area contributed by atoms with Crippen molar-refractivity contribution in [1.29, 1.82) is 0 Å². The zero-order valence-electron chi connectivity index (χ0n) is 13.1. The normalized spacial score (nSPS) is 22.1. The number of hydrogen-bond acceptors (Lipinski definition) is 3. The van der Waals surface area contributed by atoms with Crippen LogP contribution in [-0.2, 0) is 0 Å². The predicted octanol–water partition coefficient (Wildman–Crippen LogP) is 2.75. The summed E-state index contributed by atoms with van der Waals surface area (Å²) in [6, 6.07) is 7.15. The van der Waals surface area contributed by atoms with Crippen LogP contribution < -0.4 is 10.1 Å². The van der Waals surface area contributed by atoms with Crippen LogP contribution in [0.2, 0.25) is 0 Å². The SMILES string of the molecule is CC(C)(C)Oc1ccc(C(=O)NCC2CCCC2O)cc1. The first-order valence-electron chi connectivity index (χ1n) is 7.60. The zero-order chi connectivity index (χ0) is 15.5. The van der Waals surface area contributed by atoms with E-state index in [1.807, 2.05) is 32.9 Å². The summed E-state index contributed by atoms with van der Waals surface area (Å²) in [5, 5.41) is 12.6. The van der Waals surface area contributed by atoms with Gasteiger partial charge in [0.25, 0.3) is 5.91 Å². The molecule has 0 bridgehead atoms. The number of nitrogens with one attached hydrogen (secondary N) is 1. The van der Waals surface area contributed by atoms with Crippen molar-refractivity contribution in [2.75, 3.05) is 6.54 Å². The summed E-state index contributed by atoms with van der Waals surface area (Å²) in [4.78, 5) is 12.1. The molecule has 0 heterocycles. The number of benzene rings is 1. The number of ether oxygens (including phenoxy) is 1. The second kappa shape index (κ2) is 6.48. The van der Waals surface area contributed by atoms with E-state index in [1.165, 1.54) is 0 Å². The first-order valence-corrected chi connectivity index (χ1v) is 7.60. The summed E-state index contributed by atoms with van der Waals surface area (Å²) in [5.74, 6) is 0.846. The molecule has 0 spiro atoms. The summed E-state index contributed by atoms with van der Waals surface area (Å²) in [6.07, 6.45) is 2.60. The molecule has 0 aliphatic heterocycles. The second-order valence-corrected chi connectivity index (χ2v) is 6.71. The van der Waals surface area contributed by atoms with E-state index in [2.05, 4.69) is 5.32 Å². The lowest BCUT2D eigenvalue weighted by atomic mass is 10.1. The van der Waals surface area contributed by atoms with Crippen molar-refractivity contribution in [2.24, 2.45) is 5.92 Å². The van der Waals surface area contributed by atoms with Crippen LogP contribution in [0.4, 0.5) is 0 Å². The van der Waals surface area contributed by atoms with Crippen molar-refractivity contribution >= 4 is 5.91 Å². The Labute approximate surface area is 126 Å². The quantitative estimate of drug-likeness (QED) is 0.897. The van der Waals surface area contributed by atoms with Crippen LogP contribution in [0.15, 0.2) is 24.3 Å². The number of carbonyl (C=O) groups excluding carboxylic acids is 1. The molecule has 21 heavy (non-hydrogen) atoms. The molecule has 2 unspecified atom stereocenters. The fourth-order valence-corrected chi connectivity index (χ4v) is 2.61. The van der Waals surface area contributed by atoms with Crippen molar-refractivity contribution in [3.63, 3.8) is 0 Å². The zero-order valence-corrected chi connectivity index (χ0v) is 13.1. The molecule has 1 amide bonds. The smallest absolute Gasteiger partial charge is 0.251 e. The van der Waals surface area contributed by atoms with E-state index in [4.69, 9.17) is 4.74 Å². The third kappa shape index (κ3) is 4.74. The Bertz CT molecular complexity index is 476. The summed E-state index contributed by atoms with van der Waals surface area (Å²) in [5.41, 5.74) is 0.367. The molecule has 1 aromatic rings. The standard InChI is InChI=1S/C17H25NO3/c1-17(2,3)21-14-9-7-12(8-10-14)16(20)18-11-13-5-4-6-15(13)19/h7-10,13,15,19H,4-6,11H2,1-3H3,(H,18,20). The van der Waals surface area contributed by atoms with Crippen LogP contribution in [-0.4, -0.2) is 29.3 Å². The van der Waals surface area contributed by atoms with Crippen LogP contribution in [0.5, 0.6) is 5.75 Å². The van der Waals surface area contributed by atoms with Crippen molar-refractivity contribution in [1.82, 2.24) is 5.32 Å². The summed E-state index contributed by atoms with van der Waals surface area (Å²) in [6.45, 7) is 6.50. The topological polar surface area (TPSA) is 58.6 Å². The number of aliphatic hydroxyl groups is 1. The molecule has 0 radical (unpaired) electrons. The van der Waals surface area contributed by atoms with E-state index >= 15 is 0 Å². The van der Waals surface area contributed by atoms with Crippen molar-refractivity contribution in [2.45, 2.75) is 51.7 Å². The minimum atomic E-state index is -0.270. The molecule has 1 fully saturated rings. The van der Waals surface area contributed by atoms with Crippen molar-refractivity contribution in [3.05, 3.63) is 29.8 Å². The van der Waals surface area contributed by atoms with E-state index in [0.29, 0.717) is 12.1 Å². The number of hydrogen-bond donors (Lipinski definition) is 2. The number of amides is 1. The van der Waals surface area contributed by atoms with Crippen LogP contribution in [0.25, 0.3) is 0 Å². The van der Waals surface area contributed by atoms with Crippen molar-refractivity contribution < 1.29 is 14.6 Å². The molecule has 2 N–H and O–H groups in total. The minimum Gasteiger partial charge on any atom is -0.488 e. The lowest BCUT2D eigenvalue weighted by Crippen LogP contribution is -2.32. The maximum Gasteiger partial charge on any atom is 0.251 e. The fourth-order valence-electron chi connectivity index (χ4n) is 2.61. The third-order valence-electron chi connectivity index (χ3n) is 3.68. The molecular weight excluding hydrogens is 266 g/mol. The molecule has 1 aliphatic rings. The Kier molecular flexibility index (Phi) is 4.88. The molecule has 2 atom stereocenters. The molecule has 116 valence electrons. The van der Waals surface area contributed by atoms with Gasteiger partial charge in [-0.2, -0.15) is 0 Å². The molecular formula is C17H25NO3. The van der Waals surface area contributed by atoms with Gasteiger partial charge >= 0.3 is 0 Å². The van der Waals surface area contributed by atoms with Gasteiger partial charge < -0.3 is 15.2 Å². The van der Waals surface area contributed by atoms with Crippen molar-refractivity contribution in [3.8, 4) is 5.75 Å². The largest absolute Gasteiger partial charge is 0.488 e. The molecule has 1 saturated carbocycles. The molecule has 1 aliphatic carbocycles. The summed E-state index contributed by atoms with van der Waals surface area (Å²) in [7, 11) is 0. The Morgan fingerprint density at radius 2 is 1.95 bits per heavy atom. The maximum atomic E-state index is 12.1. The molecule has 0 saturated heterocycles. The summed E-state index contributed by atoms with van der Waals surface area (Å²) < 4.78 is 5.73. The van der Waals surface area contributed by atoms with E-state index < -0.39 is 0 Å². The van der Waals surface area contributed by atoms with Crippen LogP contribution in [0, 0.1) is 5.92 Å². The molecule has 4 heteroatoms. The van der Waals surface area contributed by atoms with Gasteiger partial charge in [-0.1, -0.05) is 6.42 Å². The Balaban J connectivity index is 1.87. The summed E-state index contributed by atoms with van der Waals surface area (Å²) >= 11 is 0. The van der Waals surface area contributed by atoms with E-state index in [0.717, 1.165) is 25.0 Å². The van der Waals surface area contributed by atoms with E-state index in [1.54, 1.807) is 12.1 Å². The minimum absolute atomic E-state index is 0.101. The van der Waals surface area contributed by atoms with Gasteiger partial charge in [-0.05, 0) is 57.9 Å².